The van der Waals surface area contributed by atoms with Crippen LogP contribution in [-0.4, -0.2) is 52.1 Å². The minimum atomic E-state index is -0.845. The van der Waals surface area contributed by atoms with Crippen LogP contribution in [0.25, 0.3) is 0 Å². The van der Waals surface area contributed by atoms with Crippen molar-refractivity contribution in [2.45, 2.75) is 24.9 Å². The number of halogens is 1. The molecule has 0 unspecified atom stereocenters. The highest BCUT2D eigenvalue weighted by atomic mass is 19.1. The lowest BCUT2D eigenvalue weighted by Crippen LogP contribution is -2.46. The molecule has 0 radical (unpaired) electrons. The Morgan fingerprint density at radius 2 is 2.04 bits per heavy atom. The third-order valence-electron chi connectivity index (χ3n) is 4.38. The van der Waals surface area contributed by atoms with Gasteiger partial charge in [0.1, 0.15) is 12.4 Å². The molecule has 134 valence electrons. The highest BCUT2D eigenvalue weighted by molar-refractivity contribution is 5.38. The third kappa shape index (κ3) is 4.64. The number of nitrogens with zero attached hydrogens (tertiary/aromatic N) is 3. The van der Waals surface area contributed by atoms with E-state index in [-0.39, 0.29) is 19.0 Å². The number of hydrogen-bond donors (Lipinski definition) is 2. The molecule has 6 nitrogen and oxygen atoms in total. The number of benzene rings is 1. The summed E-state index contributed by atoms with van der Waals surface area (Å²) < 4.78 is 18.6. The first-order valence-corrected chi connectivity index (χ1v) is 8.35. The number of ether oxygens (including phenoxy) is 1. The molecule has 1 aromatic carbocycles. The van der Waals surface area contributed by atoms with Crippen LogP contribution in [0.4, 0.5) is 10.2 Å². The zero-order valence-electron chi connectivity index (χ0n) is 13.9. The molecular weight excluding hydrogens is 325 g/mol. The standard InChI is InChI=1S/C18H22FN3O3/c19-15-3-1-2-14(10-15)11-18(24)4-6-22(7-5-18)16-12-20-13-17(21-16)25-9-8-23/h1-3,10,12-13,23-24H,4-9,11H2. The van der Waals surface area contributed by atoms with Crippen molar-refractivity contribution in [1.82, 2.24) is 9.97 Å². The molecule has 0 spiro atoms. The van der Waals surface area contributed by atoms with Crippen LogP contribution in [0.3, 0.4) is 0 Å². The minimum Gasteiger partial charge on any atom is -0.474 e. The summed E-state index contributed by atoms with van der Waals surface area (Å²) >= 11 is 0. The second-order valence-corrected chi connectivity index (χ2v) is 6.31. The smallest absolute Gasteiger partial charge is 0.234 e. The summed E-state index contributed by atoms with van der Waals surface area (Å²) in [5.74, 6) is 0.767. The van der Waals surface area contributed by atoms with Crippen LogP contribution in [0.2, 0.25) is 0 Å². The lowest BCUT2D eigenvalue weighted by Gasteiger charge is -2.38. The Morgan fingerprint density at radius 1 is 1.24 bits per heavy atom. The van der Waals surface area contributed by atoms with Gasteiger partial charge < -0.3 is 19.8 Å². The normalized spacial score (nSPS) is 16.7. The topological polar surface area (TPSA) is 78.7 Å². The molecule has 0 bridgehead atoms. The fraction of sp³-hybridized carbons (Fsp3) is 0.444. The maximum atomic E-state index is 13.3. The zero-order chi connectivity index (χ0) is 17.7. The molecule has 0 aliphatic carbocycles. The van der Waals surface area contributed by atoms with Crippen molar-refractivity contribution in [1.29, 1.82) is 0 Å². The quantitative estimate of drug-likeness (QED) is 0.826. The predicted molar refractivity (Wildman–Crippen MR) is 91.1 cm³/mol. The monoisotopic (exact) mass is 347 g/mol. The van der Waals surface area contributed by atoms with Gasteiger partial charge in [0, 0.05) is 19.5 Å². The van der Waals surface area contributed by atoms with Gasteiger partial charge in [-0.25, -0.2) is 4.39 Å². The Morgan fingerprint density at radius 3 is 2.76 bits per heavy atom. The number of aromatic nitrogens is 2. The molecule has 2 aromatic rings. The second-order valence-electron chi connectivity index (χ2n) is 6.31. The van der Waals surface area contributed by atoms with Gasteiger partial charge in [-0.15, -0.1) is 0 Å². The van der Waals surface area contributed by atoms with Crippen molar-refractivity contribution < 1.29 is 19.3 Å². The summed E-state index contributed by atoms with van der Waals surface area (Å²) in [7, 11) is 0. The molecule has 0 amide bonds. The molecule has 1 aromatic heterocycles. The van der Waals surface area contributed by atoms with Crippen LogP contribution < -0.4 is 9.64 Å². The van der Waals surface area contributed by atoms with Gasteiger partial charge in [0.25, 0.3) is 0 Å². The Bertz CT molecular complexity index is 705. The summed E-state index contributed by atoms with van der Waals surface area (Å²) in [6.45, 7) is 1.35. The number of aliphatic hydroxyl groups excluding tert-OH is 1. The molecule has 1 saturated heterocycles. The number of aliphatic hydroxyl groups is 2. The molecule has 7 heteroatoms. The van der Waals surface area contributed by atoms with Crippen LogP contribution in [0.1, 0.15) is 18.4 Å². The molecule has 0 saturated carbocycles. The molecule has 2 heterocycles. The Balaban J connectivity index is 1.61. The van der Waals surface area contributed by atoms with Crippen LogP contribution in [0, 0.1) is 5.82 Å². The summed E-state index contributed by atoms with van der Waals surface area (Å²) in [6, 6.07) is 6.37. The van der Waals surface area contributed by atoms with Crippen molar-refractivity contribution in [2.75, 3.05) is 31.2 Å². The summed E-state index contributed by atoms with van der Waals surface area (Å²) in [5, 5.41) is 19.6. The van der Waals surface area contributed by atoms with Gasteiger partial charge in [0.2, 0.25) is 5.88 Å². The van der Waals surface area contributed by atoms with Crippen molar-refractivity contribution in [3.8, 4) is 5.88 Å². The molecule has 1 aliphatic heterocycles. The van der Waals surface area contributed by atoms with E-state index in [9.17, 15) is 9.50 Å². The van der Waals surface area contributed by atoms with E-state index in [1.807, 2.05) is 11.0 Å². The molecule has 25 heavy (non-hydrogen) atoms. The minimum absolute atomic E-state index is 0.0806. The zero-order valence-corrected chi connectivity index (χ0v) is 13.9. The predicted octanol–water partition coefficient (Wildman–Crippen LogP) is 1.56. The van der Waals surface area contributed by atoms with Crippen molar-refractivity contribution >= 4 is 5.82 Å². The van der Waals surface area contributed by atoms with E-state index in [4.69, 9.17) is 9.84 Å². The number of piperidine rings is 1. The first-order chi connectivity index (χ1) is 12.1. The highest BCUT2D eigenvalue weighted by Crippen LogP contribution is 2.29. The Kier molecular flexibility index (Phi) is 5.45. The third-order valence-corrected chi connectivity index (χ3v) is 4.38. The number of hydrogen-bond acceptors (Lipinski definition) is 6. The van der Waals surface area contributed by atoms with E-state index in [1.165, 1.54) is 18.3 Å². The van der Waals surface area contributed by atoms with Gasteiger partial charge in [-0.3, -0.25) is 4.98 Å². The first-order valence-electron chi connectivity index (χ1n) is 8.35. The first kappa shape index (κ1) is 17.6. The van der Waals surface area contributed by atoms with Crippen molar-refractivity contribution in [3.05, 3.63) is 48.0 Å². The average molecular weight is 347 g/mol. The van der Waals surface area contributed by atoms with Gasteiger partial charge in [-0.05, 0) is 30.5 Å². The van der Waals surface area contributed by atoms with Crippen molar-refractivity contribution in [3.63, 3.8) is 0 Å². The van der Waals surface area contributed by atoms with Gasteiger partial charge >= 0.3 is 0 Å². The number of rotatable bonds is 6. The van der Waals surface area contributed by atoms with E-state index in [0.29, 0.717) is 44.0 Å². The summed E-state index contributed by atoms with van der Waals surface area (Å²) in [5.41, 5.74) is -0.0435. The fourth-order valence-electron chi connectivity index (χ4n) is 3.07. The molecule has 1 aliphatic rings. The molecule has 1 fully saturated rings. The fourth-order valence-corrected chi connectivity index (χ4v) is 3.07. The van der Waals surface area contributed by atoms with Crippen LogP contribution in [0.15, 0.2) is 36.7 Å². The second kappa shape index (κ2) is 7.76. The van der Waals surface area contributed by atoms with E-state index >= 15 is 0 Å². The Hall–Kier alpha value is -2.25. The average Bonchev–Trinajstić information content (AvgIpc) is 2.60. The lowest BCUT2D eigenvalue weighted by molar-refractivity contribution is 0.0163. The van der Waals surface area contributed by atoms with Crippen LogP contribution >= 0.6 is 0 Å². The van der Waals surface area contributed by atoms with Gasteiger partial charge in [-0.2, -0.15) is 4.98 Å². The van der Waals surface area contributed by atoms with E-state index < -0.39 is 5.60 Å². The molecular formula is C18H22FN3O3. The van der Waals surface area contributed by atoms with E-state index in [0.717, 1.165) is 5.56 Å². The van der Waals surface area contributed by atoms with Gasteiger partial charge in [0.15, 0.2) is 5.82 Å². The molecule has 2 N–H and O–H groups in total. The highest BCUT2D eigenvalue weighted by Gasteiger charge is 2.33. The van der Waals surface area contributed by atoms with E-state index in [1.54, 1.807) is 12.3 Å². The Labute approximate surface area is 145 Å². The maximum Gasteiger partial charge on any atom is 0.234 e. The number of anilines is 1. The van der Waals surface area contributed by atoms with Crippen LogP contribution in [0.5, 0.6) is 5.88 Å². The summed E-state index contributed by atoms with van der Waals surface area (Å²) in [6.07, 6.45) is 4.72. The molecule has 0 atom stereocenters. The molecule has 3 rings (SSSR count). The summed E-state index contributed by atoms with van der Waals surface area (Å²) in [4.78, 5) is 10.5. The van der Waals surface area contributed by atoms with E-state index in [2.05, 4.69) is 9.97 Å². The van der Waals surface area contributed by atoms with Gasteiger partial charge in [0.05, 0.1) is 24.6 Å². The van der Waals surface area contributed by atoms with Crippen LogP contribution in [-0.2, 0) is 6.42 Å². The largest absolute Gasteiger partial charge is 0.474 e. The van der Waals surface area contributed by atoms with Crippen molar-refractivity contribution in [2.24, 2.45) is 0 Å². The van der Waals surface area contributed by atoms with Gasteiger partial charge in [-0.1, -0.05) is 12.1 Å². The lowest BCUT2D eigenvalue weighted by atomic mass is 9.85. The maximum absolute atomic E-state index is 13.3. The SMILES string of the molecule is OCCOc1cncc(N2CCC(O)(Cc3cccc(F)c3)CC2)n1.